The molecule has 0 unspecified atom stereocenters. The molecule has 0 atom stereocenters. The van der Waals surface area contributed by atoms with Crippen LogP contribution in [0.15, 0.2) is 89.8 Å². The van der Waals surface area contributed by atoms with Crippen molar-refractivity contribution in [1.82, 2.24) is 15.2 Å². The van der Waals surface area contributed by atoms with Crippen molar-refractivity contribution < 1.29 is 17.9 Å². The Morgan fingerprint density at radius 3 is 2.37 bits per heavy atom. The molecule has 2 amide bonds. The Labute approximate surface area is 250 Å². The van der Waals surface area contributed by atoms with E-state index in [2.05, 4.69) is 19.9 Å². The number of hydrogen-bond donors (Lipinski definition) is 2. The van der Waals surface area contributed by atoms with E-state index in [1.807, 2.05) is 59.3 Å². The molecule has 216 valence electrons. The molecule has 0 radical (unpaired) electrons. The molecule has 12 heteroatoms. The normalized spacial score (nSPS) is 14.1. The van der Waals surface area contributed by atoms with Gasteiger partial charge in [-0.05, 0) is 66.2 Å². The molecule has 3 heterocycles. The summed E-state index contributed by atoms with van der Waals surface area (Å²) < 4.78 is 30.9. The zero-order valence-electron chi connectivity index (χ0n) is 22.5. The largest absolute Gasteiger partial charge is 0.439 e. The highest BCUT2D eigenvalue weighted by atomic mass is 35.5. The maximum absolute atomic E-state index is 13.3. The number of ether oxygens (including phenoxy) is 1. The molecule has 0 aliphatic carbocycles. The molecule has 2 N–H and O–H groups in total. The molecule has 9 nitrogen and oxygen atoms in total. The topological polar surface area (TPSA) is 104 Å². The van der Waals surface area contributed by atoms with Crippen LogP contribution in [0.25, 0.3) is 0 Å². The minimum absolute atomic E-state index is 0. The molecule has 2 aromatic heterocycles. The van der Waals surface area contributed by atoms with Crippen molar-refractivity contribution in [1.29, 1.82) is 0 Å². The van der Waals surface area contributed by atoms with E-state index in [1.54, 1.807) is 46.7 Å². The molecule has 2 aromatic carbocycles. The molecule has 1 fully saturated rings. The molecule has 0 bridgehead atoms. The number of anilines is 3. The van der Waals surface area contributed by atoms with Crippen LogP contribution in [0.4, 0.5) is 21.9 Å². The molecule has 4 aromatic rings. The van der Waals surface area contributed by atoms with Gasteiger partial charge in [0.05, 0.1) is 17.6 Å². The smallest absolute Gasteiger partial charge is 0.326 e. The maximum atomic E-state index is 13.3. The number of pyridine rings is 1. The van der Waals surface area contributed by atoms with E-state index in [1.165, 1.54) is 0 Å². The van der Waals surface area contributed by atoms with Gasteiger partial charge in [0.1, 0.15) is 5.75 Å². The Kier molecular flexibility index (Phi) is 10.2. The fourth-order valence-corrected chi connectivity index (χ4v) is 5.75. The Balaban J connectivity index is 0.00000387. The Bertz CT molecular complexity index is 1500. The zero-order chi connectivity index (χ0) is 28.0. The summed E-state index contributed by atoms with van der Waals surface area (Å²) in [5, 5.41) is 7.19. The fourth-order valence-electron chi connectivity index (χ4n) is 4.57. The van der Waals surface area contributed by atoms with Crippen LogP contribution < -0.4 is 19.7 Å². The first-order valence-electron chi connectivity index (χ1n) is 12.9. The Morgan fingerprint density at radius 1 is 1.02 bits per heavy atom. The van der Waals surface area contributed by atoms with Crippen LogP contribution in [0.1, 0.15) is 18.4 Å². The summed E-state index contributed by atoms with van der Waals surface area (Å²) >= 11 is 1.57. The first-order valence-corrected chi connectivity index (χ1v) is 15.8. The van der Waals surface area contributed by atoms with Gasteiger partial charge < -0.3 is 10.1 Å². The molecule has 1 aliphatic rings. The molecule has 0 saturated carbocycles. The number of piperidine rings is 1. The lowest BCUT2D eigenvalue weighted by molar-refractivity contribution is 0.188. The predicted octanol–water partition coefficient (Wildman–Crippen LogP) is 6.24. The number of likely N-dealkylation sites (tertiary alicyclic amines) is 1. The van der Waals surface area contributed by atoms with Crippen LogP contribution in [0.2, 0.25) is 0 Å². The average Bonchev–Trinajstić information content (AvgIpc) is 3.46. The summed E-state index contributed by atoms with van der Waals surface area (Å²) in [4.78, 5) is 21.8. The van der Waals surface area contributed by atoms with Crippen LogP contribution in [-0.4, -0.2) is 49.7 Å². The van der Waals surface area contributed by atoms with Crippen molar-refractivity contribution in [2.45, 2.75) is 25.4 Å². The molecule has 1 saturated heterocycles. The van der Waals surface area contributed by atoms with E-state index in [0.717, 1.165) is 55.7 Å². The third-order valence-corrected chi connectivity index (χ3v) is 7.76. The summed E-state index contributed by atoms with van der Waals surface area (Å²) in [5.74, 6) is 1.02. The lowest BCUT2D eigenvalue weighted by Crippen LogP contribution is -2.48. The number of hydrogen-bond acceptors (Lipinski definition) is 7. The van der Waals surface area contributed by atoms with Crippen LogP contribution in [0, 0.1) is 0 Å². The number of carbonyl (C=O) groups excluding carboxylic acids is 1. The van der Waals surface area contributed by atoms with Gasteiger partial charge in [0.2, 0.25) is 15.9 Å². The Hall–Kier alpha value is -3.64. The number of carbonyl (C=O) groups is 1. The van der Waals surface area contributed by atoms with Crippen molar-refractivity contribution in [3.63, 3.8) is 0 Å². The highest BCUT2D eigenvalue weighted by molar-refractivity contribution is 7.92. The van der Waals surface area contributed by atoms with Crippen LogP contribution in [0.3, 0.4) is 0 Å². The number of thiophene rings is 1. The first-order chi connectivity index (χ1) is 19.3. The number of benzene rings is 2. The van der Waals surface area contributed by atoms with Crippen molar-refractivity contribution in [3.8, 4) is 11.6 Å². The van der Waals surface area contributed by atoms with Gasteiger partial charge in [0.15, 0.2) is 0 Å². The number of aromatic nitrogens is 1. The number of nitrogens with one attached hydrogen (secondary N) is 2. The molecule has 41 heavy (non-hydrogen) atoms. The monoisotopic (exact) mass is 613 g/mol. The van der Waals surface area contributed by atoms with Gasteiger partial charge in [0, 0.05) is 49.0 Å². The minimum Gasteiger partial charge on any atom is -0.439 e. The van der Waals surface area contributed by atoms with E-state index < -0.39 is 10.0 Å². The quantitative estimate of drug-likeness (QED) is 0.232. The lowest BCUT2D eigenvalue weighted by Gasteiger charge is -2.33. The van der Waals surface area contributed by atoms with Gasteiger partial charge in [-0.15, -0.1) is 12.4 Å². The van der Waals surface area contributed by atoms with E-state index in [0.29, 0.717) is 17.3 Å². The molecule has 5 rings (SSSR count). The fraction of sp³-hybridized carbons (Fsp3) is 0.241. The third-order valence-electron chi connectivity index (χ3n) is 6.48. The van der Waals surface area contributed by atoms with Crippen molar-refractivity contribution in [2.75, 3.05) is 29.0 Å². The van der Waals surface area contributed by atoms with E-state index in [4.69, 9.17) is 4.74 Å². The van der Waals surface area contributed by atoms with Gasteiger partial charge in [0.25, 0.3) is 0 Å². The second kappa shape index (κ2) is 13.8. The van der Waals surface area contributed by atoms with Crippen molar-refractivity contribution in [2.24, 2.45) is 0 Å². The van der Waals surface area contributed by atoms with Crippen molar-refractivity contribution >= 4 is 56.9 Å². The van der Waals surface area contributed by atoms with Crippen molar-refractivity contribution in [3.05, 3.63) is 95.3 Å². The van der Waals surface area contributed by atoms with E-state index in [-0.39, 0.29) is 24.5 Å². The van der Waals surface area contributed by atoms with Gasteiger partial charge in [-0.25, -0.2) is 18.2 Å². The molecular weight excluding hydrogens is 582 g/mol. The molecule has 1 aliphatic heterocycles. The summed E-state index contributed by atoms with van der Waals surface area (Å²) in [5.41, 5.74) is 3.26. The number of amides is 2. The summed E-state index contributed by atoms with van der Waals surface area (Å²) in [6.07, 6.45) is 4.66. The number of urea groups is 1. The summed E-state index contributed by atoms with van der Waals surface area (Å²) in [6.45, 7) is 2.52. The summed E-state index contributed by atoms with van der Waals surface area (Å²) in [6, 6.07) is 22.1. The minimum atomic E-state index is -3.32. The zero-order valence-corrected chi connectivity index (χ0v) is 24.9. The first kappa shape index (κ1) is 30.3. The SMILES string of the molecule is CS(=O)(=O)Nc1ccc(Oc2ccc(CN3CCC(NC(=O)N(c4ccccc4)c4ccsc4)CC3)cn2)cc1.Cl. The van der Waals surface area contributed by atoms with Crippen LogP contribution >= 0.6 is 23.7 Å². The Morgan fingerprint density at radius 2 is 1.76 bits per heavy atom. The number of halogens is 1. The standard InChI is InChI=1S/C29H31N5O4S2.ClH/c1-40(36,37)32-24-8-10-27(11-9-24)38-28-12-7-22(19-30-28)20-33-16-13-23(14-17-33)31-29(35)34(26-15-18-39-21-26)25-5-3-2-4-6-25;/h2-12,15,18-19,21,23,32H,13-14,16-17,20H2,1H3,(H,31,35);1H. The van der Waals surface area contributed by atoms with Crippen LogP contribution in [0.5, 0.6) is 11.6 Å². The third kappa shape index (κ3) is 8.67. The van der Waals surface area contributed by atoms with E-state index >= 15 is 0 Å². The number of para-hydroxylation sites is 1. The second-order valence-corrected chi connectivity index (χ2v) is 12.2. The number of rotatable bonds is 9. The van der Waals surface area contributed by atoms with E-state index in [9.17, 15) is 13.2 Å². The van der Waals surface area contributed by atoms with Gasteiger partial charge in [-0.1, -0.05) is 24.3 Å². The average molecular weight is 614 g/mol. The van der Waals surface area contributed by atoms with Crippen LogP contribution in [-0.2, 0) is 16.6 Å². The van der Waals surface area contributed by atoms with Gasteiger partial charge in [-0.2, -0.15) is 11.3 Å². The lowest BCUT2D eigenvalue weighted by atomic mass is 10.0. The second-order valence-electron chi connectivity index (χ2n) is 9.66. The predicted molar refractivity (Wildman–Crippen MR) is 166 cm³/mol. The summed E-state index contributed by atoms with van der Waals surface area (Å²) in [7, 11) is -3.32. The highest BCUT2D eigenvalue weighted by Gasteiger charge is 2.25. The maximum Gasteiger partial charge on any atom is 0.326 e. The molecule has 0 spiro atoms. The van der Waals surface area contributed by atoms with Gasteiger partial charge in [-0.3, -0.25) is 14.5 Å². The number of nitrogens with zero attached hydrogens (tertiary/aromatic N) is 3. The van der Waals surface area contributed by atoms with Gasteiger partial charge >= 0.3 is 6.03 Å². The molecular formula is C29H32ClN5O4S2. The highest BCUT2D eigenvalue weighted by Crippen LogP contribution is 2.28. The number of sulfonamides is 1.